The van der Waals surface area contributed by atoms with E-state index >= 15 is 0 Å². The number of carboxylic acids is 1. The Morgan fingerprint density at radius 1 is 1.29 bits per heavy atom. The SMILES string of the molecule is CC(C)CNC(=O)CCNCC(C)(C)C(=O)O. The monoisotopic (exact) mass is 244 g/mol. The summed E-state index contributed by atoms with van der Waals surface area (Å²) in [4.78, 5) is 22.1. The van der Waals surface area contributed by atoms with Gasteiger partial charge in [0.05, 0.1) is 5.41 Å². The van der Waals surface area contributed by atoms with Gasteiger partial charge in [0.15, 0.2) is 0 Å². The Balaban J connectivity index is 3.64. The summed E-state index contributed by atoms with van der Waals surface area (Å²) in [6, 6.07) is 0. The van der Waals surface area contributed by atoms with Crippen LogP contribution in [0.15, 0.2) is 0 Å². The molecule has 0 aliphatic heterocycles. The summed E-state index contributed by atoms with van der Waals surface area (Å²) in [6.07, 6.45) is 0.377. The van der Waals surface area contributed by atoms with Gasteiger partial charge in [-0.1, -0.05) is 13.8 Å². The second kappa shape index (κ2) is 7.27. The molecule has 0 bridgehead atoms. The van der Waals surface area contributed by atoms with Gasteiger partial charge in [0.25, 0.3) is 0 Å². The quantitative estimate of drug-likeness (QED) is 0.553. The highest BCUT2D eigenvalue weighted by Gasteiger charge is 2.26. The van der Waals surface area contributed by atoms with Gasteiger partial charge in [-0.25, -0.2) is 0 Å². The van der Waals surface area contributed by atoms with Crippen LogP contribution in [0.5, 0.6) is 0 Å². The van der Waals surface area contributed by atoms with E-state index in [4.69, 9.17) is 5.11 Å². The van der Waals surface area contributed by atoms with Crippen LogP contribution in [-0.2, 0) is 9.59 Å². The minimum atomic E-state index is -0.839. The van der Waals surface area contributed by atoms with Gasteiger partial charge in [0.2, 0.25) is 5.91 Å². The molecule has 17 heavy (non-hydrogen) atoms. The van der Waals surface area contributed by atoms with E-state index < -0.39 is 11.4 Å². The van der Waals surface area contributed by atoms with Crippen LogP contribution < -0.4 is 10.6 Å². The fourth-order valence-corrected chi connectivity index (χ4v) is 1.08. The summed E-state index contributed by atoms with van der Waals surface area (Å²) in [6.45, 7) is 8.92. The summed E-state index contributed by atoms with van der Waals surface area (Å²) in [7, 11) is 0. The first-order valence-corrected chi connectivity index (χ1v) is 5.96. The maximum atomic E-state index is 11.3. The number of amides is 1. The van der Waals surface area contributed by atoms with Crippen LogP contribution in [0.3, 0.4) is 0 Å². The molecule has 0 unspecified atom stereocenters. The molecular formula is C12H24N2O3. The van der Waals surface area contributed by atoms with E-state index in [1.807, 2.05) is 13.8 Å². The highest BCUT2D eigenvalue weighted by Crippen LogP contribution is 2.12. The first-order valence-electron chi connectivity index (χ1n) is 5.96. The molecule has 0 aliphatic carbocycles. The van der Waals surface area contributed by atoms with Gasteiger partial charge in [-0.2, -0.15) is 0 Å². The van der Waals surface area contributed by atoms with Crippen molar-refractivity contribution in [2.24, 2.45) is 11.3 Å². The Hall–Kier alpha value is -1.10. The predicted molar refractivity (Wildman–Crippen MR) is 66.8 cm³/mol. The molecule has 0 aromatic carbocycles. The van der Waals surface area contributed by atoms with Crippen molar-refractivity contribution in [1.82, 2.24) is 10.6 Å². The number of aliphatic carboxylic acids is 1. The third kappa shape index (κ3) is 7.74. The van der Waals surface area contributed by atoms with Crippen LogP contribution in [0.2, 0.25) is 0 Å². The molecule has 0 saturated heterocycles. The second-order valence-electron chi connectivity index (χ2n) is 5.31. The summed E-state index contributed by atoms with van der Waals surface area (Å²) < 4.78 is 0. The number of hydrogen-bond donors (Lipinski definition) is 3. The van der Waals surface area contributed by atoms with Crippen LogP contribution in [-0.4, -0.2) is 36.6 Å². The van der Waals surface area contributed by atoms with Crippen LogP contribution in [0.25, 0.3) is 0 Å². The van der Waals surface area contributed by atoms with Gasteiger partial charge in [0, 0.05) is 26.1 Å². The zero-order chi connectivity index (χ0) is 13.5. The Morgan fingerprint density at radius 2 is 1.88 bits per heavy atom. The van der Waals surface area contributed by atoms with Gasteiger partial charge in [-0.3, -0.25) is 9.59 Å². The molecule has 5 heteroatoms. The minimum Gasteiger partial charge on any atom is -0.481 e. The lowest BCUT2D eigenvalue weighted by atomic mass is 9.94. The second-order valence-corrected chi connectivity index (χ2v) is 5.31. The van der Waals surface area contributed by atoms with Crippen molar-refractivity contribution < 1.29 is 14.7 Å². The molecule has 3 N–H and O–H groups in total. The summed E-state index contributed by atoms with van der Waals surface area (Å²) in [5.74, 6) is -0.397. The lowest BCUT2D eigenvalue weighted by Crippen LogP contribution is -2.38. The van der Waals surface area contributed by atoms with Crippen molar-refractivity contribution in [2.75, 3.05) is 19.6 Å². The standard InChI is InChI=1S/C12H24N2O3/c1-9(2)7-14-10(15)5-6-13-8-12(3,4)11(16)17/h9,13H,5-8H2,1-4H3,(H,14,15)(H,16,17). The molecule has 0 radical (unpaired) electrons. The number of carboxylic acid groups (broad SMARTS) is 1. The fraction of sp³-hybridized carbons (Fsp3) is 0.833. The van der Waals surface area contributed by atoms with Crippen molar-refractivity contribution >= 4 is 11.9 Å². The fourth-order valence-electron chi connectivity index (χ4n) is 1.08. The largest absolute Gasteiger partial charge is 0.481 e. The van der Waals surface area contributed by atoms with E-state index in [9.17, 15) is 9.59 Å². The molecular weight excluding hydrogens is 220 g/mol. The van der Waals surface area contributed by atoms with E-state index in [2.05, 4.69) is 10.6 Å². The first-order chi connectivity index (χ1) is 7.75. The van der Waals surface area contributed by atoms with E-state index in [1.54, 1.807) is 13.8 Å². The van der Waals surface area contributed by atoms with Gasteiger partial charge in [0.1, 0.15) is 0 Å². The number of nitrogens with one attached hydrogen (secondary N) is 2. The smallest absolute Gasteiger partial charge is 0.310 e. The Kier molecular flexibility index (Phi) is 6.80. The van der Waals surface area contributed by atoms with Crippen molar-refractivity contribution in [3.8, 4) is 0 Å². The average Bonchev–Trinajstić information content (AvgIpc) is 2.21. The zero-order valence-electron chi connectivity index (χ0n) is 11.2. The molecule has 0 aromatic heterocycles. The average molecular weight is 244 g/mol. The lowest BCUT2D eigenvalue weighted by Gasteiger charge is -2.19. The van der Waals surface area contributed by atoms with Gasteiger partial charge in [-0.05, 0) is 19.8 Å². The van der Waals surface area contributed by atoms with Crippen LogP contribution >= 0.6 is 0 Å². The molecule has 0 saturated carbocycles. The van der Waals surface area contributed by atoms with E-state index in [1.165, 1.54) is 0 Å². The number of hydrogen-bond acceptors (Lipinski definition) is 3. The Bertz CT molecular complexity index is 262. The first kappa shape index (κ1) is 15.9. The van der Waals surface area contributed by atoms with Crippen LogP contribution in [0.4, 0.5) is 0 Å². The number of rotatable bonds is 8. The lowest BCUT2D eigenvalue weighted by molar-refractivity contribution is -0.146. The molecule has 0 rings (SSSR count). The third-order valence-electron chi connectivity index (χ3n) is 2.38. The number of carbonyl (C=O) groups is 2. The molecule has 0 aromatic rings. The molecule has 0 aliphatic rings. The third-order valence-corrected chi connectivity index (χ3v) is 2.38. The maximum Gasteiger partial charge on any atom is 0.310 e. The molecule has 0 heterocycles. The minimum absolute atomic E-state index is 0.000619. The summed E-state index contributed by atoms with van der Waals surface area (Å²) in [5, 5.41) is 14.7. The van der Waals surface area contributed by atoms with Crippen molar-refractivity contribution in [3.05, 3.63) is 0 Å². The van der Waals surface area contributed by atoms with E-state index in [0.717, 1.165) is 0 Å². The van der Waals surface area contributed by atoms with Crippen LogP contribution in [0.1, 0.15) is 34.1 Å². The molecule has 1 amide bonds. The maximum absolute atomic E-state index is 11.3. The topological polar surface area (TPSA) is 78.4 Å². The normalized spacial score (nSPS) is 11.6. The summed E-state index contributed by atoms with van der Waals surface area (Å²) in [5.41, 5.74) is -0.797. The van der Waals surface area contributed by atoms with Crippen LogP contribution in [0, 0.1) is 11.3 Å². The molecule has 0 fully saturated rings. The highest BCUT2D eigenvalue weighted by molar-refractivity contribution is 5.76. The van der Waals surface area contributed by atoms with Crippen molar-refractivity contribution in [2.45, 2.75) is 34.1 Å². The predicted octanol–water partition coefficient (Wildman–Crippen LogP) is 0.849. The molecule has 0 spiro atoms. The van der Waals surface area contributed by atoms with E-state index in [-0.39, 0.29) is 5.91 Å². The van der Waals surface area contributed by atoms with Crippen molar-refractivity contribution in [1.29, 1.82) is 0 Å². The van der Waals surface area contributed by atoms with Gasteiger partial charge >= 0.3 is 5.97 Å². The Morgan fingerprint density at radius 3 is 2.35 bits per heavy atom. The molecule has 100 valence electrons. The molecule has 0 atom stereocenters. The van der Waals surface area contributed by atoms with Gasteiger partial charge in [-0.15, -0.1) is 0 Å². The number of carbonyl (C=O) groups excluding carboxylic acids is 1. The Labute approximate surface area is 103 Å². The summed E-state index contributed by atoms with van der Waals surface area (Å²) >= 11 is 0. The highest BCUT2D eigenvalue weighted by atomic mass is 16.4. The van der Waals surface area contributed by atoms with Gasteiger partial charge < -0.3 is 15.7 Å². The zero-order valence-corrected chi connectivity index (χ0v) is 11.2. The molecule has 5 nitrogen and oxygen atoms in total. The van der Waals surface area contributed by atoms with Crippen molar-refractivity contribution in [3.63, 3.8) is 0 Å². The van der Waals surface area contributed by atoms with E-state index in [0.29, 0.717) is 32.0 Å².